The molecule has 0 bridgehead atoms. The second kappa shape index (κ2) is 7.32. The lowest BCUT2D eigenvalue weighted by atomic mass is 10.1. The van der Waals surface area contributed by atoms with Gasteiger partial charge < -0.3 is 14.2 Å². The maximum atomic E-state index is 11.9. The number of aryl methyl sites for hydroxylation is 2. The van der Waals surface area contributed by atoms with Crippen LogP contribution in [0.1, 0.15) is 16.7 Å². The molecule has 0 heterocycles. The molecule has 0 spiro atoms. The average Bonchev–Trinajstić information content (AvgIpc) is 2.52. The van der Waals surface area contributed by atoms with Crippen molar-refractivity contribution in [3.05, 3.63) is 53.1 Å². The zero-order valence-electron chi connectivity index (χ0n) is 13.3. The van der Waals surface area contributed by atoms with Crippen LogP contribution in [-0.4, -0.2) is 19.7 Å². The minimum Gasteiger partial charge on any atom is -0.493 e. The van der Waals surface area contributed by atoms with Crippen LogP contribution in [0.25, 0.3) is 0 Å². The van der Waals surface area contributed by atoms with Crippen molar-refractivity contribution in [1.82, 2.24) is 0 Å². The summed E-state index contributed by atoms with van der Waals surface area (Å²) in [4.78, 5) is 11.9. The lowest BCUT2D eigenvalue weighted by molar-refractivity contribution is -0.136. The Morgan fingerprint density at radius 2 is 1.78 bits per heavy atom. The lowest BCUT2D eigenvalue weighted by Crippen LogP contribution is -2.18. The molecule has 0 aliphatic carbocycles. The Kier molecular flexibility index (Phi) is 5.21. The Morgan fingerprint density at radius 3 is 2.39 bits per heavy atom. The van der Waals surface area contributed by atoms with Crippen LogP contribution in [0.15, 0.2) is 36.4 Å². The van der Waals surface area contributed by atoms with Crippen LogP contribution >= 0.6 is 0 Å². The van der Waals surface area contributed by atoms with Crippen LogP contribution in [-0.2, 0) is 4.79 Å². The smallest absolute Gasteiger partial charge is 0.349 e. The molecule has 5 heteroatoms. The predicted octanol–water partition coefficient (Wildman–Crippen LogP) is 3.17. The number of esters is 1. The highest BCUT2D eigenvalue weighted by molar-refractivity contribution is 5.75. The molecule has 0 saturated carbocycles. The van der Waals surface area contributed by atoms with Gasteiger partial charge in [-0.05, 0) is 49.2 Å². The van der Waals surface area contributed by atoms with E-state index in [1.165, 1.54) is 19.2 Å². The van der Waals surface area contributed by atoms with E-state index in [9.17, 15) is 4.79 Å². The number of carbonyl (C=O) groups is 1. The number of benzene rings is 2. The van der Waals surface area contributed by atoms with Crippen molar-refractivity contribution in [2.75, 3.05) is 13.7 Å². The van der Waals surface area contributed by atoms with Gasteiger partial charge in [-0.15, -0.1) is 0 Å². The SMILES string of the molecule is COc1cc(C#N)ccc1OC(=O)COc1cc(C)cc(C)c1. The molecule has 0 amide bonds. The van der Waals surface area contributed by atoms with Crippen LogP contribution in [0.3, 0.4) is 0 Å². The fourth-order valence-corrected chi connectivity index (χ4v) is 2.13. The van der Waals surface area contributed by atoms with E-state index in [0.29, 0.717) is 17.1 Å². The largest absolute Gasteiger partial charge is 0.493 e. The summed E-state index contributed by atoms with van der Waals surface area (Å²) in [5.74, 6) is 0.641. The van der Waals surface area contributed by atoms with Gasteiger partial charge in [0.2, 0.25) is 0 Å². The number of hydrogen-bond donors (Lipinski definition) is 0. The molecule has 0 aromatic heterocycles. The molecule has 23 heavy (non-hydrogen) atoms. The number of nitriles is 1. The molecule has 2 aromatic carbocycles. The molecule has 5 nitrogen and oxygen atoms in total. The zero-order chi connectivity index (χ0) is 16.8. The van der Waals surface area contributed by atoms with Crippen molar-refractivity contribution >= 4 is 5.97 Å². The van der Waals surface area contributed by atoms with Gasteiger partial charge in [-0.2, -0.15) is 5.26 Å². The highest BCUT2D eigenvalue weighted by Gasteiger charge is 2.12. The summed E-state index contributed by atoms with van der Waals surface area (Å²) in [5.41, 5.74) is 2.54. The Morgan fingerprint density at radius 1 is 1.09 bits per heavy atom. The molecule has 118 valence electrons. The van der Waals surface area contributed by atoms with E-state index < -0.39 is 5.97 Å². The highest BCUT2D eigenvalue weighted by atomic mass is 16.6. The van der Waals surface area contributed by atoms with Gasteiger partial charge in [0.15, 0.2) is 18.1 Å². The van der Waals surface area contributed by atoms with Crippen molar-refractivity contribution in [3.8, 4) is 23.3 Å². The first-order valence-electron chi connectivity index (χ1n) is 7.01. The van der Waals surface area contributed by atoms with Crippen molar-refractivity contribution < 1.29 is 19.0 Å². The molecule has 0 N–H and O–H groups in total. The van der Waals surface area contributed by atoms with Gasteiger partial charge in [0.05, 0.1) is 18.7 Å². The van der Waals surface area contributed by atoms with Gasteiger partial charge in [-0.25, -0.2) is 4.79 Å². The number of ether oxygens (including phenoxy) is 3. The molecule has 0 aliphatic heterocycles. The topological polar surface area (TPSA) is 68.5 Å². The Hall–Kier alpha value is -3.00. The van der Waals surface area contributed by atoms with Crippen molar-refractivity contribution in [3.63, 3.8) is 0 Å². The first-order valence-corrected chi connectivity index (χ1v) is 7.01. The summed E-state index contributed by atoms with van der Waals surface area (Å²) in [6, 6.07) is 12.3. The maximum Gasteiger partial charge on any atom is 0.349 e. The van der Waals surface area contributed by atoms with Gasteiger partial charge in [-0.3, -0.25) is 0 Å². The van der Waals surface area contributed by atoms with Crippen LogP contribution in [0.2, 0.25) is 0 Å². The molecule has 2 rings (SSSR count). The van der Waals surface area contributed by atoms with Crippen molar-refractivity contribution in [2.24, 2.45) is 0 Å². The number of methoxy groups -OCH3 is 1. The van der Waals surface area contributed by atoms with Gasteiger partial charge in [0, 0.05) is 6.07 Å². The van der Waals surface area contributed by atoms with E-state index in [1.54, 1.807) is 6.07 Å². The first-order chi connectivity index (χ1) is 11.0. The van der Waals surface area contributed by atoms with E-state index in [-0.39, 0.29) is 12.4 Å². The summed E-state index contributed by atoms with van der Waals surface area (Å²) in [6.45, 7) is 3.70. The molecular formula is C18H17NO4. The number of hydrogen-bond acceptors (Lipinski definition) is 5. The Bertz CT molecular complexity index is 742. The quantitative estimate of drug-likeness (QED) is 0.626. The van der Waals surface area contributed by atoms with Crippen LogP contribution in [0, 0.1) is 25.2 Å². The summed E-state index contributed by atoms with van der Waals surface area (Å²) in [6.07, 6.45) is 0. The Labute approximate surface area is 135 Å². The summed E-state index contributed by atoms with van der Waals surface area (Å²) in [7, 11) is 1.44. The number of carbonyl (C=O) groups excluding carboxylic acids is 1. The number of nitrogens with zero attached hydrogens (tertiary/aromatic N) is 1. The maximum absolute atomic E-state index is 11.9. The lowest BCUT2D eigenvalue weighted by Gasteiger charge is -2.11. The van der Waals surface area contributed by atoms with E-state index in [1.807, 2.05) is 38.1 Å². The van der Waals surface area contributed by atoms with E-state index in [2.05, 4.69) is 0 Å². The molecule has 2 aromatic rings. The second-order valence-electron chi connectivity index (χ2n) is 5.06. The van der Waals surface area contributed by atoms with Crippen LogP contribution in [0.5, 0.6) is 17.2 Å². The summed E-state index contributed by atoms with van der Waals surface area (Å²) < 4.78 is 15.8. The van der Waals surface area contributed by atoms with E-state index in [4.69, 9.17) is 19.5 Å². The minimum absolute atomic E-state index is 0.216. The van der Waals surface area contributed by atoms with Gasteiger partial charge in [0.1, 0.15) is 5.75 Å². The molecule has 0 saturated heterocycles. The van der Waals surface area contributed by atoms with Gasteiger partial charge >= 0.3 is 5.97 Å². The van der Waals surface area contributed by atoms with Crippen molar-refractivity contribution in [2.45, 2.75) is 13.8 Å². The third-order valence-electron chi connectivity index (χ3n) is 3.07. The Balaban J connectivity index is 2.01. The fourth-order valence-electron chi connectivity index (χ4n) is 2.13. The zero-order valence-corrected chi connectivity index (χ0v) is 13.3. The van der Waals surface area contributed by atoms with Gasteiger partial charge in [-0.1, -0.05) is 6.07 Å². The molecule has 0 aliphatic rings. The fraction of sp³-hybridized carbons (Fsp3) is 0.222. The molecule has 0 atom stereocenters. The number of rotatable bonds is 5. The molecule has 0 fully saturated rings. The standard InChI is InChI=1S/C18H17NO4/c1-12-6-13(2)8-15(7-12)22-11-18(20)23-16-5-4-14(10-19)9-17(16)21-3/h4-9H,11H2,1-3H3. The normalized spacial score (nSPS) is 9.83. The monoisotopic (exact) mass is 311 g/mol. The summed E-state index contributed by atoms with van der Waals surface area (Å²) in [5, 5.41) is 8.85. The molecule has 0 unspecified atom stereocenters. The second-order valence-corrected chi connectivity index (χ2v) is 5.06. The van der Waals surface area contributed by atoms with Gasteiger partial charge in [0.25, 0.3) is 0 Å². The van der Waals surface area contributed by atoms with E-state index >= 15 is 0 Å². The summed E-state index contributed by atoms with van der Waals surface area (Å²) >= 11 is 0. The first kappa shape index (κ1) is 16.4. The average molecular weight is 311 g/mol. The third-order valence-corrected chi connectivity index (χ3v) is 3.07. The highest BCUT2D eigenvalue weighted by Crippen LogP contribution is 2.28. The third kappa shape index (κ3) is 4.48. The molecule has 0 radical (unpaired) electrons. The van der Waals surface area contributed by atoms with Crippen molar-refractivity contribution in [1.29, 1.82) is 5.26 Å². The van der Waals surface area contributed by atoms with Crippen LogP contribution < -0.4 is 14.2 Å². The molecular weight excluding hydrogens is 294 g/mol. The van der Waals surface area contributed by atoms with E-state index in [0.717, 1.165) is 11.1 Å². The minimum atomic E-state index is -0.549. The predicted molar refractivity (Wildman–Crippen MR) is 84.8 cm³/mol. The van der Waals surface area contributed by atoms with Crippen LogP contribution in [0.4, 0.5) is 0 Å².